The summed E-state index contributed by atoms with van der Waals surface area (Å²) in [5.41, 5.74) is 2.25. The third kappa shape index (κ3) is 4.84. The summed E-state index contributed by atoms with van der Waals surface area (Å²) in [7, 11) is 0. The quantitative estimate of drug-likeness (QED) is 0.866. The molecule has 1 amide bonds. The van der Waals surface area contributed by atoms with Crippen LogP contribution in [-0.4, -0.2) is 59.5 Å². The van der Waals surface area contributed by atoms with Crippen molar-refractivity contribution < 1.29 is 14.7 Å². The second kappa shape index (κ2) is 7.94. The molecule has 0 unspecified atom stereocenters. The molecule has 5 heteroatoms. The van der Waals surface area contributed by atoms with Crippen LogP contribution in [0.5, 0.6) is 0 Å². The van der Waals surface area contributed by atoms with Gasteiger partial charge in [-0.2, -0.15) is 0 Å². The van der Waals surface area contributed by atoms with Crippen LogP contribution in [0.2, 0.25) is 0 Å². The van der Waals surface area contributed by atoms with E-state index < -0.39 is 5.97 Å². The van der Waals surface area contributed by atoms with Crippen LogP contribution in [0.25, 0.3) is 0 Å². The van der Waals surface area contributed by atoms with E-state index in [0.717, 1.165) is 43.9 Å². The minimum atomic E-state index is -0.743. The van der Waals surface area contributed by atoms with Gasteiger partial charge in [-0.15, -0.1) is 0 Å². The first kappa shape index (κ1) is 16.5. The normalized spacial score (nSPS) is 15.8. The van der Waals surface area contributed by atoms with Crippen LogP contribution >= 0.6 is 0 Å². The Morgan fingerprint density at radius 3 is 2.45 bits per heavy atom. The average Bonchev–Trinajstić information content (AvgIpc) is 2.50. The van der Waals surface area contributed by atoms with Crippen LogP contribution in [-0.2, 0) is 16.0 Å². The van der Waals surface area contributed by atoms with Gasteiger partial charge in [0.15, 0.2) is 0 Å². The Hall–Kier alpha value is -1.88. The fourth-order valence-corrected chi connectivity index (χ4v) is 2.76. The van der Waals surface area contributed by atoms with Crippen molar-refractivity contribution in [3.63, 3.8) is 0 Å². The van der Waals surface area contributed by atoms with Crippen LogP contribution in [0.1, 0.15) is 24.0 Å². The molecule has 2 rings (SSSR count). The van der Waals surface area contributed by atoms with E-state index in [9.17, 15) is 9.59 Å². The molecule has 1 saturated heterocycles. The van der Waals surface area contributed by atoms with Gasteiger partial charge in [-0.1, -0.05) is 24.3 Å². The first-order valence-corrected chi connectivity index (χ1v) is 7.82. The largest absolute Gasteiger partial charge is 0.481 e. The number of aryl methyl sites for hydroxylation is 1. The van der Waals surface area contributed by atoms with Crippen molar-refractivity contribution in [1.82, 2.24) is 9.80 Å². The number of nitrogens with zero attached hydrogens (tertiary/aromatic N) is 2. The van der Waals surface area contributed by atoms with Crippen LogP contribution in [0, 0.1) is 6.92 Å². The third-order valence-corrected chi connectivity index (χ3v) is 4.19. The molecule has 1 fully saturated rings. The van der Waals surface area contributed by atoms with Gasteiger partial charge >= 0.3 is 5.97 Å². The number of carbonyl (C=O) groups is 2. The number of hydrogen-bond acceptors (Lipinski definition) is 3. The predicted octanol–water partition coefficient (Wildman–Crippen LogP) is 1.55. The summed E-state index contributed by atoms with van der Waals surface area (Å²) in [5.74, 6) is -0.563. The van der Waals surface area contributed by atoms with Gasteiger partial charge in [0.05, 0.1) is 6.42 Å². The van der Waals surface area contributed by atoms with Crippen molar-refractivity contribution in [2.24, 2.45) is 0 Å². The molecule has 1 aliphatic rings. The smallest absolute Gasteiger partial charge is 0.303 e. The lowest BCUT2D eigenvalue weighted by Gasteiger charge is -2.34. The molecule has 0 aromatic heterocycles. The van der Waals surface area contributed by atoms with Crippen molar-refractivity contribution in [3.8, 4) is 0 Å². The van der Waals surface area contributed by atoms with Gasteiger partial charge in [0.25, 0.3) is 0 Å². The van der Waals surface area contributed by atoms with Gasteiger partial charge < -0.3 is 10.0 Å². The van der Waals surface area contributed by atoms with E-state index in [2.05, 4.69) is 4.90 Å². The van der Waals surface area contributed by atoms with E-state index in [-0.39, 0.29) is 12.3 Å². The van der Waals surface area contributed by atoms with Gasteiger partial charge in [-0.25, -0.2) is 0 Å². The molecular weight excluding hydrogens is 280 g/mol. The van der Waals surface area contributed by atoms with Crippen LogP contribution in [0.3, 0.4) is 0 Å². The molecule has 1 N–H and O–H groups in total. The fraction of sp³-hybridized carbons (Fsp3) is 0.529. The maximum absolute atomic E-state index is 12.4. The minimum absolute atomic E-state index is 0.180. The molecule has 22 heavy (non-hydrogen) atoms. The van der Waals surface area contributed by atoms with Crippen LogP contribution in [0.4, 0.5) is 0 Å². The maximum Gasteiger partial charge on any atom is 0.303 e. The molecule has 1 heterocycles. The molecule has 1 aliphatic heterocycles. The summed E-state index contributed by atoms with van der Waals surface area (Å²) in [6.07, 6.45) is 1.35. The zero-order chi connectivity index (χ0) is 15.9. The second-order valence-electron chi connectivity index (χ2n) is 5.82. The highest BCUT2D eigenvalue weighted by molar-refractivity contribution is 5.79. The zero-order valence-electron chi connectivity index (χ0n) is 13.1. The van der Waals surface area contributed by atoms with Gasteiger partial charge in [0.2, 0.25) is 5.91 Å². The average molecular weight is 304 g/mol. The summed E-state index contributed by atoms with van der Waals surface area (Å²) in [6.45, 7) is 5.96. The van der Waals surface area contributed by atoms with Crippen molar-refractivity contribution >= 4 is 11.9 Å². The molecule has 0 radical (unpaired) electrons. The molecule has 0 saturated carbocycles. The highest BCUT2D eigenvalue weighted by Crippen LogP contribution is 2.11. The van der Waals surface area contributed by atoms with E-state index >= 15 is 0 Å². The molecule has 0 spiro atoms. The number of carbonyl (C=O) groups excluding carboxylic acids is 1. The van der Waals surface area contributed by atoms with Gasteiger partial charge in [-0.05, 0) is 31.0 Å². The Morgan fingerprint density at radius 1 is 1.14 bits per heavy atom. The summed E-state index contributed by atoms with van der Waals surface area (Å²) >= 11 is 0. The van der Waals surface area contributed by atoms with E-state index in [1.165, 1.54) is 0 Å². The fourth-order valence-electron chi connectivity index (χ4n) is 2.76. The highest BCUT2D eigenvalue weighted by Gasteiger charge is 2.21. The number of carboxylic acid groups (broad SMARTS) is 1. The number of hydrogen-bond donors (Lipinski definition) is 1. The Kier molecular flexibility index (Phi) is 5.95. The molecule has 1 aromatic carbocycles. The van der Waals surface area contributed by atoms with Crippen LogP contribution in [0.15, 0.2) is 24.3 Å². The monoisotopic (exact) mass is 304 g/mol. The lowest BCUT2D eigenvalue weighted by Crippen LogP contribution is -2.49. The molecule has 0 bridgehead atoms. The lowest BCUT2D eigenvalue weighted by molar-refractivity contribution is -0.137. The van der Waals surface area contributed by atoms with Gasteiger partial charge in [-0.3, -0.25) is 14.5 Å². The first-order chi connectivity index (χ1) is 10.6. The Morgan fingerprint density at radius 2 is 1.82 bits per heavy atom. The van der Waals surface area contributed by atoms with Crippen molar-refractivity contribution in [2.45, 2.75) is 26.2 Å². The summed E-state index contributed by atoms with van der Waals surface area (Å²) in [4.78, 5) is 27.0. The van der Waals surface area contributed by atoms with E-state index in [1.807, 2.05) is 36.1 Å². The number of aliphatic carboxylic acids is 1. The Bertz CT molecular complexity index is 522. The SMILES string of the molecule is Cc1ccccc1CC(=O)N1CCN(CCCC(=O)O)CC1. The molecule has 0 atom stereocenters. The van der Waals surface area contributed by atoms with Crippen molar-refractivity contribution in [2.75, 3.05) is 32.7 Å². The zero-order valence-corrected chi connectivity index (χ0v) is 13.1. The minimum Gasteiger partial charge on any atom is -0.481 e. The van der Waals surface area contributed by atoms with Crippen molar-refractivity contribution in [1.29, 1.82) is 0 Å². The second-order valence-corrected chi connectivity index (χ2v) is 5.82. The van der Waals surface area contributed by atoms with Gasteiger partial charge in [0.1, 0.15) is 0 Å². The van der Waals surface area contributed by atoms with Gasteiger partial charge in [0, 0.05) is 32.6 Å². The maximum atomic E-state index is 12.4. The highest BCUT2D eigenvalue weighted by atomic mass is 16.4. The molecule has 5 nitrogen and oxygen atoms in total. The first-order valence-electron chi connectivity index (χ1n) is 7.82. The van der Waals surface area contributed by atoms with Crippen molar-refractivity contribution in [3.05, 3.63) is 35.4 Å². The molecule has 0 aliphatic carbocycles. The predicted molar refractivity (Wildman–Crippen MR) is 84.8 cm³/mol. The van der Waals surface area contributed by atoms with E-state index in [0.29, 0.717) is 12.8 Å². The number of carboxylic acids is 1. The summed E-state index contributed by atoms with van der Waals surface area (Å²) in [5, 5.41) is 8.65. The molecular formula is C17H24N2O3. The number of piperazine rings is 1. The third-order valence-electron chi connectivity index (χ3n) is 4.19. The molecule has 120 valence electrons. The van der Waals surface area contributed by atoms with E-state index in [1.54, 1.807) is 0 Å². The Labute approximate surface area is 131 Å². The molecule has 1 aromatic rings. The number of amides is 1. The topological polar surface area (TPSA) is 60.9 Å². The lowest BCUT2D eigenvalue weighted by atomic mass is 10.1. The van der Waals surface area contributed by atoms with Crippen LogP contribution < -0.4 is 0 Å². The number of benzene rings is 1. The number of rotatable bonds is 6. The Balaban J connectivity index is 1.75. The summed E-state index contributed by atoms with van der Waals surface area (Å²) in [6, 6.07) is 7.99. The standard InChI is InChI=1S/C17H24N2O3/c1-14-5-2-3-6-15(14)13-16(20)19-11-9-18(10-12-19)8-4-7-17(21)22/h2-3,5-6H,4,7-13H2,1H3,(H,21,22). The van der Waals surface area contributed by atoms with E-state index in [4.69, 9.17) is 5.11 Å². The summed E-state index contributed by atoms with van der Waals surface area (Å²) < 4.78 is 0.